The summed E-state index contributed by atoms with van der Waals surface area (Å²) in [5.41, 5.74) is 3.77. The summed E-state index contributed by atoms with van der Waals surface area (Å²) < 4.78 is 16.9. The Labute approximate surface area is 216 Å². The second-order valence-corrected chi connectivity index (χ2v) is 8.67. The van der Waals surface area contributed by atoms with Crippen LogP contribution in [0.2, 0.25) is 5.02 Å². The summed E-state index contributed by atoms with van der Waals surface area (Å²) in [5, 5.41) is 4.14. The maximum atomic E-state index is 11.6. The standard InChI is InChI=1S/C30H28ClNO4/c1-34-30(33)25-11-7-22(8-12-25)19-32-20-29(24-5-3-2-4-6-24)35-21-23-9-15-27(16-10-23)36-28-17-13-26(31)14-18-28/h2-18,29,32H,19-21H2,1H3. The minimum Gasteiger partial charge on any atom is -0.465 e. The molecule has 6 heteroatoms. The Balaban J connectivity index is 1.32. The van der Waals surface area contributed by atoms with Gasteiger partial charge >= 0.3 is 5.97 Å². The number of hydrogen-bond acceptors (Lipinski definition) is 5. The third kappa shape index (κ3) is 7.43. The lowest BCUT2D eigenvalue weighted by atomic mass is 10.1. The van der Waals surface area contributed by atoms with Gasteiger partial charge in [0.15, 0.2) is 0 Å². The summed E-state index contributed by atoms with van der Waals surface area (Å²) in [7, 11) is 1.38. The number of esters is 1. The van der Waals surface area contributed by atoms with E-state index < -0.39 is 0 Å². The minimum atomic E-state index is -0.336. The molecule has 0 fully saturated rings. The molecule has 1 N–H and O–H groups in total. The molecule has 0 saturated carbocycles. The van der Waals surface area contributed by atoms with Gasteiger partial charge in [0.1, 0.15) is 11.5 Å². The molecule has 0 heterocycles. The fourth-order valence-electron chi connectivity index (χ4n) is 3.65. The third-order valence-electron chi connectivity index (χ3n) is 5.63. The van der Waals surface area contributed by atoms with Crippen LogP contribution in [0.5, 0.6) is 11.5 Å². The molecule has 184 valence electrons. The van der Waals surface area contributed by atoms with Gasteiger partial charge < -0.3 is 19.5 Å². The summed E-state index contributed by atoms with van der Waals surface area (Å²) in [6.07, 6.45) is -0.120. The van der Waals surface area contributed by atoms with Gasteiger partial charge in [-0.25, -0.2) is 4.79 Å². The van der Waals surface area contributed by atoms with Gasteiger partial charge in [-0.2, -0.15) is 0 Å². The Bertz CT molecular complexity index is 1230. The normalized spacial score (nSPS) is 11.6. The number of hydrogen-bond donors (Lipinski definition) is 1. The van der Waals surface area contributed by atoms with E-state index >= 15 is 0 Å². The molecule has 0 aliphatic carbocycles. The summed E-state index contributed by atoms with van der Waals surface area (Å²) in [6, 6.07) is 32.7. The molecular weight excluding hydrogens is 474 g/mol. The topological polar surface area (TPSA) is 56.8 Å². The average molecular weight is 502 g/mol. The predicted molar refractivity (Wildman–Crippen MR) is 141 cm³/mol. The highest BCUT2D eigenvalue weighted by Crippen LogP contribution is 2.24. The van der Waals surface area contributed by atoms with Gasteiger partial charge in [0.2, 0.25) is 0 Å². The summed E-state index contributed by atoms with van der Waals surface area (Å²) in [6.45, 7) is 1.77. The molecule has 1 unspecified atom stereocenters. The van der Waals surface area contributed by atoms with Crippen molar-refractivity contribution >= 4 is 17.6 Å². The van der Waals surface area contributed by atoms with Gasteiger partial charge in [0.05, 0.1) is 25.4 Å². The van der Waals surface area contributed by atoms with Crippen LogP contribution in [0.1, 0.15) is 33.2 Å². The van der Waals surface area contributed by atoms with E-state index in [0.717, 1.165) is 28.2 Å². The fourth-order valence-corrected chi connectivity index (χ4v) is 3.78. The number of carbonyl (C=O) groups excluding carboxylic acids is 1. The highest BCUT2D eigenvalue weighted by molar-refractivity contribution is 6.30. The zero-order valence-corrected chi connectivity index (χ0v) is 20.8. The Kier molecular flexibility index (Phi) is 9.11. The van der Waals surface area contributed by atoms with Gasteiger partial charge in [0, 0.05) is 18.1 Å². The summed E-state index contributed by atoms with van der Waals surface area (Å²) in [4.78, 5) is 11.6. The molecule has 4 aromatic rings. The Morgan fingerprint density at radius 1 is 0.806 bits per heavy atom. The molecule has 0 radical (unpaired) electrons. The van der Waals surface area contributed by atoms with Gasteiger partial charge in [0.25, 0.3) is 0 Å². The van der Waals surface area contributed by atoms with Crippen molar-refractivity contribution in [2.24, 2.45) is 0 Å². The third-order valence-corrected chi connectivity index (χ3v) is 5.88. The van der Waals surface area contributed by atoms with Crippen LogP contribution in [0.3, 0.4) is 0 Å². The van der Waals surface area contributed by atoms with Crippen LogP contribution < -0.4 is 10.1 Å². The predicted octanol–water partition coefficient (Wildman–Crippen LogP) is 6.97. The van der Waals surface area contributed by atoms with Crippen molar-refractivity contribution in [3.63, 3.8) is 0 Å². The van der Waals surface area contributed by atoms with E-state index in [1.165, 1.54) is 7.11 Å². The zero-order chi connectivity index (χ0) is 25.2. The highest BCUT2D eigenvalue weighted by atomic mass is 35.5. The van der Waals surface area contributed by atoms with E-state index in [2.05, 4.69) is 17.4 Å². The smallest absolute Gasteiger partial charge is 0.337 e. The Morgan fingerprint density at radius 2 is 1.42 bits per heavy atom. The van der Waals surface area contributed by atoms with Crippen molar-refractivity contribution in [1.82, 2.24) is 5.32 Å². The molecule has 0 aromatic heterocycles. The maximum Gasteiger partial charge on any atom is 0.337 e. The largest absolute Gasteiger partial charge is 0.465 e. The van der Waals surface area contributed by atoms with E-state index in [-0.39, 0.29) is 12.1 Å². The first-order chi connectivity index (χ1) is 17.6. The lowest BCUT2D eigenvalue weighted by Crippen LogP contribution is -2.23. The van der Waals surface area contributed by atoms with E-state index in [0.29, 0.717) is 30.3 Å². The van der Waals surface area contributed by atoms with Crippen molar-refractivity contribution in [2.75, 3.05) is 13.7 Å². The Hall–Kier alpha value is -3.64. The zero-order valence-electron chi connectivity index (χ0n) is 20.0. The highest BCUT2D eigenvalue weighted by Gasteiger charge is 2.12. The second kappa shape index (κ2) is 12.9. The van der Waals surface area contributed by atoms with Crippen LogP contribution in [0.4, 0.5) is 0 Å². The second-order valence-electron chi connectivity index (χ2n) is 8.23. The van der Waals surface area contributed by atoms with Crippen molar-refractivity contribution in [2.45, 2.75) is 19.3 Å². The number of benzene rings is 4. The van der Waals surface area contributed by atoms with Crippen LogP contribution in [-0.2, 0) is 22.6 Å². The van der Waals surface area contributed by atoms with E-state index in [9.17, 15) is 4.79 Å². The summed E-state index contributed by atoms with van der Waals surface area (Å²) in [5.74, 6) is 1.15. The average Bonchev–Trinajstić information content (AvgIpc) is 2.93. The molecule has 4 aromatic carbocycles. The van der Waals surface area contributed by atoms with E-state index in [4.69, 9.17) is 25.8 Å². The lowest BCUT2D eigenvalue weighted by molar-refractivity contribution is 0.0396. The monoisotopic (exact) mass is 501 g/mol. The molecule has 0 saturated heterocycles. The number of methoxy groups -OCH3 is 1. The number of rotatable bonds is 11. The Morgan fingerprint density at radius 3 is 2.06 bits per heavy atom. The molecule has 0 aliphatic rings. The molecule has 36 heavy (non-hydrogen) atoms. The van der Waals surface area contributed by atoms with Gasteiger partial charge in [-0.15, -0.1) is 0 Å². The number of carbonyl (C=O) groups is 1. The fraction of sp³-hybridized carbons (Fsp3) is 0.167. The van der Waals surface area contributed by atoms with Gasteiger partial charge in [-0.05, 0) is 65.2 Å². The van der Waals surface area contributed by atoms with E-state index in [1.54, 1.807) is 24.3 Å². The van der Waals surface area contributed by atoms with Crippen LogP contribution in [0.25, 0.3) is 0 Å². The van der Waals surface area contributed by atoms with Gasteiger partial charge in [-0.3, -0.25) is 0 Å². The molecule has 0 aliphatic heterocycles. The first-order valence-corrected chi connectivity index (χ1v) is 12.1. The number of ether oxygens (including phenoxy) is 3. The first-order valence-electron chi connectivity index (χ1n) is 11.7. The number of halogens is 1. The van der Waals surface area contributed by atoms with Crippen molar-refractivity contribution in [3.8, 4) is 11.5 Å². The van der Waals surface area contributed by atoms with Gasteiger partial charge in [-0.1, -0.05) is 66.2 Å². The molecule has 0 bridgehead atoms. The van der Waals surface area contributed by atoms with Crippen LogP contribution in [0, 0.1) is 0 Å². The summed E-state index contributed by atoms with van der Waals surface area (Å²) >= 11 is 5.93. The SMILES string of the molecule is COC(=O)c1ccc(CNCC(OCc2ccc(Oc3ccc(Cl)cc3)cc2)c2ccccc2)cc1. The lowest BCUT2D eigenvalue weighted by Gasteiger charge is -2.19. The maximum absolute atomic E-state index is 11.6. The molecule has 1 atom stereocenters. The van der Waals surface area contributed by atoms with Crippen molar-refractivity contribution in [3.05, 3.63) is 130 Å². The molecular formula is C30H28ClNO4. The van der Waals surface area contributed by atoms with Crippen LogP contribution >= 0.6 is 11.6 Å². The van der Waals surface area contributed by atoms with Crippen LogP contribution in [-0.4, -0.2) is 19.6 Å². The van der Waals surface area contributed by atoms with Crippen molar-refractivity contribution < 1.29 is 19.0 Å². The molecule has 5 nitrogen and oxygen atoms in total. The van der Waals surface area contributed by atoms with Crippen LogP contribution in [0.15, 0.2) is 103 Å². The molecule has 0 spiro atoms. The minimum absolute atomic E-state index is 0.120. The van der Waals surface area contributed by atoms with E-state index in [1.807, 2.05) is 66.7 Å². The molecule has 4 rings (SSSR count). The quantitative estimate of drug-likeness (QED) is 0.225. The van der Waals surface area contributed by atoms with Crippen molar-refractivity contribution in [1.29, 1.82) is 0 Å². The first kappa shape index (κ1) is 25.5. The molecule has 0 amide bonds. The number of nitrogens with one attached hydrogen (secondary N) is 1.